The van der Waals surface area contributed by atoms with Gasteiger partial charge in [0.15, 0.2) is 5.82 Å². The number of rotatable bonds is 4. The third kappa shape index (κ3) is 2.40. The minimum Gasteiger partial charge on any atom is -0.338 e. The van der Waals surface area contributed by atoms with Crippen LogP contribution in [0, 0.1) is 0 Å². The molecule has 0 radical (unpaired) electrons. The van der Waals surface area contributed by atoms with Gasteiger partial charge in [-0.25, -0.2) is 4.98 Å². The Balaban J connectivity index is 1.83. The Morgan fingerprint density at radius 3 is 3.16 bits per heavy atom. The van der Waals surface area contributed by atoms with Crippen molar-refractivity contribution in [1.29, 1.82) is 0 Å². The molecule has 1 N–H and O–H groups in total. The highest BCUT2D eigenvalue weighted by atomic mass is 32.2. The van der Waals surface area contributed by atoms with Crippen molar-refractivity contribution in [3.05, 3.63) is 18.3 Å². The average molecular weight is 279 g/mol. The van der Waals surface area contributed by atoms with E-state index in [1.807, 2.05) is 29.6 Å². The molecular weight excluding hydrogens is 262 g/mol. The lowest BCUT2D eigenvalue weighted by Gasteiger charge is -2.15. The van der Waals surface area contributed by atoms with E-state index >= 15 is 0 Å². The van der Waals surface area contributed by atoms with E-state index in [0.29, 0.717) is 23.7 Å². The fraction of sp³-hybridized carbons (Fsp3) is 0.583. The van der Waals surface area contributed by atoms with E-state index in [1.54, 1.807) is 6.20 Å². The zero-order chi connectivity index (χ0) is 13.2. The van der Waals surface area contributed by atoms with Crippen LogP contribution in [0.2, 0.25) is 0 Å². The Hall–Kier alpha value is -1.34. The molecule has 0 bridgehead atoms. The Bertz CT molecular complexity index is 552. The fourth-order valence-corrected chi connectivity index (χ4v) is 3.69. The summed E-state index contributed by atoms with van der Waals surface area (Å²) in [5.41, 5.74) is 0. The molecule has 1 aliphatic rings. The van der Waals surface area contributed by atoms with Gasteiger partial charge in [0.05, 0.1) is 5.92 Å². The molecule has 19 heavy (non-hydrogen) atoms. The van der Waals surface area contributed by atoms with Crippen LogP contribution in [0.3, 0.4) is 0 Å². The van der Waals surface area contributed by atoms with Crippen LogP contribution in [0.5, 0.6) is 0 Å². The van der Waals surface area contributed by atoms with E-state index in [0.717, 1.165) is 23.9 Å². The number of imidazole rings is 1. The first-order valence-corrected chi connectivity index (χ1v) is 7.57. The van der Waals surface area contributed by atoms with Crippen LogP contribution in [0.4, 0.5) is 0 Å². The highest BCUT2D eigenvalue weighted by Gasteiger charge is 2.33. The summed E-state index contributed by atoms with van der Waals surface area (Å²) in [6.45, 7) is 3.08. The summed E-state index contributed by atoms with van der Waals surface area (Å²) < 4.78 is 7.32. The number of aromatic nitrogens is 4. The Morgan fingerprint density at radius 1 is 1.53 bits per heavy atom. The molecule has 3 rings (SSSR count). The van der Waals surface area contributed by atoms with E-state index in [2.05, 4.69) is 27.4 Å². The van der Waals surface area contributed by atoms with Gasteiger partial charge in [0.25, 0.3) is 0 Å². The van der Waals surface area contributed by atoms with Gasteiger partial charge in [0.1, 0.15) is 0 Å². The summed E-state index contributed by atoms with van der Waals surface area (Å²) in [5.74, 6) is 4.44. The molecule has 2 atom stereocenters. The van der Waals surface area contributed by atoms with Gasteiger partial charge in [0.2, 0.25) is 11.7 Å². The van der Waals surface area contributed by atoms with Crippen molar-refractivity contribution in [3.8, 4) is 11.6 Å². The lowest BCUT2D eigenvalue weighted by atomic mass is 10.0. The molecule has 6 nitrogen and oxygen atoms in total. The molecule has 102 valence electrons. The fourth-order valence-electron chi connectivity index (χ4n) is 2.32. The number of aryl methyl sites for hydroxylation is 1. The molecule has 2 unspecified atom stereocenters. The van der Waals surface area contributed by atoms with E-state index in [9.17, 15) is 0 Å². The molecule has 1 aliphatic heterocycles. The van der Waals surface area contributed by atoms with Crippen molar-refractivity contribution in [2.75, 3.05) is 18.1 Å². The molecule has 0 aliphatic carbocycles. The highest BCUT2D eigenvalue weighted by molar-refractivity contribution is 7.99. The van der Waals surface area contributed by atoms with Gasteiger partial charge < -0.3 is 14.4 Å². The second-order valence-corrected chi connectivity index (χ2v) is 5.70. The van der Waals surface area contributed by atoms with Crippen molar-refractivity contribution in [1.82, 2.24) is 25.0 Å². The Labute approximate surface area is 116 Å². The number of nitrogens with zero attached hydrogens (tertiary/aromatic N) is 4. The molecule has 2 aromatic heterocycles. The smallest absolute Gasteiger partial charge is 0.238 e. The SMILES string of the molecule is CCNC1CSCC1c1nc(-c2nccn2C)no1. The topological polar surface area (TPSA) is 68.8 Å². The number of thioether (sulfide) groups is 1. The van der Waals surface area contributed by atoms with Gasteiger partial charge in [-0.05, 0) is 6.54 Å². The van der Waals surface area contributed by atoms with Gasteiger partial charge >= 0.3 is 0 Å². The Kier molecular flexibility index (Phi) is 3.56. The highest BCUT2D eigenvalue weighted by Crippen LogP contribution is 2.32. The maximum Gasteiger partial charge on any atom is 0.238 e. The van der Waals surface area contributed by atoms with Crippen molar-refractivity contribution in [2.24, 2.45) is 7.05 Å². The first-order valence-electron chi connectivity index (χ1n) is 6.42. The van der Waals surface area contributed by atoms with Gasteiger partial charge in [-0.3, -0.25) is 0 Å². The normalized spacial score (nSPS) is 23.1. The van der Waals surface area contributed by atoms with Crippen molar-refractivity contribution < 1.29 is 4.52 Å². The maximum atomic E-state index is 5.44. The van der Waals surface area contributed by atoms with E-state index in [1.165, 1.54) is 0 Å². The molecular formula is C12H17N5OS. The van der Waals surface area contributed by atoms with Crippen molar-refractivity contribution >= 4 is 11.8 Å². The van der Waals surface area contributed by atoms with E-state index in [4.69, 9.17) is 4.52 Å². The van der Waals surface area contributed by atoms with Crippen molar-refractivity contribution in [3.63, 3.8) is 0 Å². The molecule has 0 aromatic carbocycles. The zero-order valence-electron chi connectivity index (χ0n) is 11.0. The second-order valence-electron chi connectivity index (χ2n) is 4.63. The van der Waals surface area contributed by atoms with Gasteiger partial charge in [-0.1, -0.05) is 12.1 Å². The molecule has 0 saturated carbocycles. The number of hydrogen-bond donors (Lipinski definition) is 1. The van der Waals surface area contributed by atoms with Crippen LogP contribution in [-0.2, 0) is 7.05 Å². The molecule has 7 heteroatoms. The largest absolute Gasteiger partial charge is 0.338 e. The van der Waals surface area contributed by atoms with Crippen LogP contribution in [0.25, 0.3) is 11.6 Å². The summed E-state index contributed by atoms with van der Waals surface area (Å²) in [4.78, 5) is 8.75. The molecule has 3 heterocycles. The molecule has 0 amide bonds. The van der Waals surface area contributed by atoms with E-state index < -0.39 is 0 Å². The second kappa shape index (κ2) is 5.34. The number of hydrogen-bond acceptors (Lipinski definition) is 6. The van der Waals surface area contributed by atoms with Gasteiger partial charge in [0, 0.05) is 37.0 Å². The number of nitrogens with one attached hydrogen (secondary N) is 1. The van der Waals surface area contributed by atoms with Crippen LogP contribution >= 0.6 is 11.8 Å². The van der Waals surface area contributed by atoms with Gasteiger partial charge in [-0.2, -0.15) is 16.7 Å². The van der Waals surface area contributed by atoms with Crippen LogP contribution in [0.15, 0.2) is 16.9 Å². The third-order valence-corrected chi connectivity index (χ3v) is 4.52. The summed E-state index contributed by atoms with van der Waals surface area (Å²) in [5, 5.41) is 7.53. The predicted molar refractivity (Wildman–Crippen MR) is 74.0 cm³/mol. The summed E-state index contributed by atoms with van der Waals surface area (Å²) >= 11 is 1.92. The lowest BCUT2D eigenvalue weighted by molar-refractivity contribution is 0.340. The minimum absolute atomic E-state index is 0.298. The van der Waals surface area contributed by atoms with Crippen molar-refractivity contribution in [2.45, 2.75) is 18.9 Å². The quantitative estimate of drug-likeness (QED) is 0.909. The van der Waals surface area contributed by atoms with E-state index in [-0.39, 0.29) is 0 Å². The maximum absolute atomic E-state index is 5.44. The minimum atomic E-state index is 0.298. The van der Waals surface area contributed by atoms with Crippen LogP contribution in [0.1, 0.15) is 18.7 Å². The zero-order valence-corrected chi connectivity index (χ0v) is 11.9. The first kappa shape index (κ1) is 12.7. The lowest BCUT2D eigenvalue weighted by Crippen LogP contribution is -2.34. The molecule has 1 saturated heterocycles. The molecule has 0 spiro atoms. The summed E-state index contributed by atoms with van der Waals surface area (Å²) in [7, 11) is 1.92. The summed E-state index contributed by atoms with van der Waals surface area (Å²) in [6.07, 6.45) is 3.61. The van der Waals surface area contributed by atoms with Crippen LogP contribution < -0.4 is 5.32 Å². The van der Waals surface area contributed by atoms with Crippen LogP contribution in [-0.4, -0.2) is 43.8 Å². The summed E-state index contributed by atoms with van der Waals surface area (Å²) in [6, 6.07) is 0.421. The third-order valence-electron chi connectivity index (χ3n) is 3.33. The first-order chi connectivity index (χ1) is 9.29. The predicted octanol–water partition coefficient (Wildman–Crippen LogP) is 1.28. The molecule has 2 aromatic rings. The van der Waals surface area contributed by atoms with Gasteiger partial charge in [-0.15, -0.1) is 0 Å². The standard InChI is InChI=1S/C12H17N5OS/c1-3-13-9-7-19-6-8(9)12-15-10(16-18-12)11-14-4-5-17(11)2/h4-5,8-9,13H,3,6-7H2,1-2H3. The monoisotopic (exact) mass is 279 g/mol. The number of likely N-dealkylation sites (N-methyl/N-ethyl adjacent to an activating group) is 1. The molecule has 1 fully saturated rings. The Morgan fingerprint density at radius 2 is 2.42 bits per heavy atom. The average Bonchev–Trinajstić information content (AvgIpc) is 3.08.